The topological polar surface area (TPSA) is 61.4 Å². The number of nitrogens with one attached hydrogen (secondary N) is 2. The number of likely N-dealkylation sites (tertiary alicyclic amines) is 1. The molecule has 0 unspecified atom stereocenters. The largest absolute Gasteiger partial charge is 0.355 e. The van der Waals surface area contributed by atoms with Crippen LogP contribution in [0.1, 0.15) is 48.9 Å². The van der Waals surface area contributed by atoms with Gasteiger partial charge in [-0.15, -0.1) is 0 Å². The van der Waals surface area contributed by atoms with Crippen molar-refractivity contribution in [3.05, 3.63) is 29.8 Å². The summed E-state index contributed by atoms with van der Waals surface area (Å²) in [5, 5.41) is 5.54. The summed E-state index contributed by atoms with van der Waals surface area (Å²) < 4.78 is 0. The van der Waals surface area contributed by atoms with Crippen molar-refractivity contribution in [2.24, 2.45) is 5.92 Å². The first-order valence-electron chi connectivity index (χ1n) is 9.03. The zero-order valence-electron chi connectivity index (χ0n) is 14.4. The molecule has 1 saturated heterocycles. The Morgan fingerprint density at radius 3 is 2.79 bits per heavy atom. The molecule has 0 aromatic heterocycles. The second-order valence-corrected chi connectivity index (χ2v) is 6.93. The molecule has 0 bridgehead atoms. The van der Waals surface area contributed by atoms with E-state index in [2.05, 4.69) is 15.5 Å². The van der Waals surface area contributed by atoms with Crippen molar-refractivity contribution < 1.29 is 9.59 Å². The fourth-order valence-corrected chi connectivity index (χ4v) is 4.19. The number of hydrogen-bond acceptors (Lipinski definition) is 3. The number of benzene rings is 1. The van der Waals surface area contributed by atoms with E-state index in [9.17, 15) is 9.59 Å². The number of amides is 2. The predicted molar refractivity (Wildman–Crippen MR) is 95.0 cm³/mol. The highest BCUT2D eigenvalue weighted by atomic mass is 16.2. The Hall–Kier alpha value is -1.88. The van der Waals surface area contributed by atoms with Crippen LogP contribution in [0.2, 0.25) is 0 Å². The van der Waals surface area contributed by atoms with Gasteiger partial charge in [-0.3, -0.25) is 14.5 Å². The van der Waals surface area contributed by atoms with Crippen LogP contribution in [0.3, 0.4) is 0 Å². The monoisotopic (exact) mass is 329 g/mol. The SMILES string of the molecule is CNC(=O)c1cccc(NC(=O)CN2CCC[C@@H]3CCCC[C@@H]32)c1. The number of anilines is 1. The van der Waals surface area contributed by atoms with Gasteiger partial charge in [-0.1, -0.05) is 18.9 Å². The molecular formula is C19H27N3O2. The van der Waals surface area contributed by atoms with Gasteiger partial charge in [0.15, 0.2) is 0 Å². The maximum absolute atomic E-state index is 12.5. The lowest BCUT2D eigenvalue weighted by atomic mass is 9.78. The van der Waals surface area contributed by atoms with Crippen LogP contribution in [0.25, 0.3) is 0 Å². The molecule has 1 aromatic rings. The van der Waals surface area contributed by atoms with E-state index in [0.29, 0.717) is 23.8 Å². The number of nitrogens with zero attached hydrogens (tertiary/aromatic N) is 1. The summed E-state index contributed by atoms with van der Waals surface area (Å²) in [5.41, 5.74) is 1.24. The minimum Gasteiger partial charge on any atom is -0.355 e. The number of piperidine rings is 1. The van der Waals surface area contributed by atoms with Crippen LogP contribution in [-0.2, 0) is 4.79 Å². The highest BCUT2D eigenvalue weighted by Crippen LogP contribution is 2.35. The average molecular weight is 329 g/mol. The van der Waals surface area contributed by atoms with Crippen LogP contribution < -0.4 is 10.6 Å². The van der Waals surface area contributed by atoms with Crippen LogP contribution in [0, 0.1) is 5.92 Å². The smallest absolute Gasteiger partial charge is 0.251 e. The van der Waals surface area contributed by atoms with E-state index < -0.39 is 0 Å². The third-order valence-electron chi connectivity index (χ3n) is 5.34. The summed E-state index contributed by atoms with van der Waals surface area (Å²) in [6.07, 6.45) is 7.68. The van der Waals surface area contributed by atoms with Crippen molar-refractivity contribution in [3.8, 4) is 0 Å². The standard InChI is InChI=1S/C19H27N3O2/c1-20-19(24)15-7-4-9-16(12-15)21-18(23)13-22-11-5-8-14-6-2-3-10-17(14)22/h4,7,9,12,14,17H,2-3,5-6,8,10-11,13H2,1H3,(H,20,24)(H,21,23)/t14-,17-/m0/s1. The minimum atomic E-state index is -0.146. The molecule has 1 heterocycles. The van der Waals surface area contributed by atoms with Gasteiger partial charge >= 0.3 is 0 Å². The van der Waals surface area contributed by atoms with Crippen LogP contribution in [0.4, 0.5) is 5.69 Å². The van der Waals surface area contributed by atoms with Crippen LogP contribution >= 0.6 is 0 Å². The Balaban J connectivity index is 1.60. The zero-order chi connectivity index (χ0) is 16.9. The van der Waals surface area contributed by atoms with Crippen LogP contribution in [-0.4, -0.2) is 42.9 Å². The van der Waals surface area contributed by atoms with E-state index in [1.165, 1.54) is 38.5 Å². The molecule has 1 aromatic carbocycles. The van der Waals surface area contributed by atoms with Crippen molar-refractivity contribution in [1.82, 2.24) is 10.2 Å². The molecule has 2 aliphatic rings. The molecule has 2 atom stereocenters. The fraction of sp³-hybridized carbons (Fsp3) is 0.579. The van der Waals surface area contributed by atoms with E-state index in [-0.39, 0.29) is 11.8 Å². The Bertz CT molecular complexity index is 600. The summed E-state index contributed by atoms with van der Waals surface area (Å²) in [6.45, 7) is 1.47. The quantitative estimate of drug-likeness (QED) is 0.893. The first kappa shape index (κ1) is 17.0. The van der Waals surface area contributed by atoms with Gasteiger partial charge in [0.2, 0.25) is 5.91 Å². The van der Waals surface area contributed by atoms with Crippen molar-refractivity contribution in [2.75, 3.05) is 25.5 Å². The number of carbonyl (C=O) groups is 2. The van der Waals surface area contributed by atoms with Crippen molar-refractivity contribution >= 4 is 17.5 Å². The normalized spacial score (nSPS) is 24.0. The summed E-state index contributed by atoms with van der Waals surface area (Å²) in [7, 11) is 1.60. The lowest BCUT2D eigenvalue weighted by molar-refractivity contribution is -0.118. The molecule has 3 rings (SSSR count). The third-order valence-corrected chi connectivity index (χ3v) is 5.34. The molecule has 1 aliphatic heterocycles. The van der Waals surface area contributed by atoms with Gasteiger partial charge in [-0.05, 0) is 56.3 Å². The van der Waals surface area contributed by atoms with E-state index in [0.717, 1.165) is 12.5 Å². The molecule has 0 spiro atoms. The Morgan fingerprint density at radius 2 is 1.96 bits per heavy atom. The minimum absolute atomic E-state index is 0.00952. The molecule has 5 nitrogen and oxygen atoms in total. The van der Waals surface area contributed by atoms with E-state index in [4.69, 9.17) is 0 Å². The van der Waals surface area contributed by atoms with E-state index in [1.54, 1.807) is 25.2 Å². The van der Waals surface area contributed by atoms with Gasteiger partial charge in [0.05, 0.1) is 6.54 Å². The number of fused-ring (bicyclic) bond motifs is 1. The highest BCUT2D eigenvalue weighted by Gasteiger charge is 2.33. The predicted octanol–water partition coefficient (Wildman–Crippen LogP) is 2.64. The molecule has 5 heteroatoms. The zero-order valence-corrected chi connectivity index (χ0v) is 14.4. The van der Waals surface area contributed by atoms with Gasteiger partial charge in [0.25, 0.3) is 5.91 Å². The van der Waals surface area contributed by atoms with Gasteiger partial charge in [-0.2, -0.15) is 0 Å². The van der Waals surface area contributed by atoms with Gasteiger partial charge in [0.1, 0.15) is 0 Å². The second-order valence-electron chi connectivity index (χ2n) is 6.93. The number of hydrogen-bond donors (Lipinski definition) is 2. The molecule has 1 aliphatic carbocycles. The summed E-state index contributed by atoms with van der Waals surface area (Å²) in [5.74, 6) is 0.638. The first-order valence-corrected chi connectivity index (χ1v) is 9.03. The molecule has 2 N–H and O–H groups in total. The molecule has 2 amide bonds. The van der Waals surface area contributed by atoms with Crippen molar-refractivity contribution in [3.63, 3.8) is 0 Å². The summed E-state index contributed by atoms with van der Waals surface area (Å²) >= 11 is 0. The van der Waals surface area contributed by atoms with Crippen LogP contribution in [0.5, 0.6) is 0 Å². The maximum Gasteiger partial charge on any atom is 0.251 e. The van der Waals surface area contributed by atoms with Crippen molar-refractivity contribution in [1.29, 1.82) is 0 Å². The van der Waals surface area contributed by atoms with Crippen LogP contribution in [0.15, 0.2) is 24.3 Å². The maximum atomic E-state index is 12.5. The van der Waals surface area contributed by atoms with Gasteiger partial charge in [0, 0.05) is 24.3 Å². The lowest BCUT2D eigenvalue weighted by Gasteiger charge is -2.43. The molecule has 0 radical (unpaired) electrons. The van der Waals surface area contributed by atoms with Crippen molar-refractivity contribution in [2.45, 2.75) is 44.6 Å². The highest BCUT2D eigenvalue weighted by molar-refractivity contribution is 5.97. The summed E-state index contributed by atoms with van der Waals surface area (Å²) in [4.78, 5) is 26.5. The number of rotatable bonds is 4. The Labute approximate surface area is 143 Å². The fourth-order valence-electron chi connectivity index (χ4n) is 4.19. The lowest BCUT2D eigenvalue weighted by Crippen LogP contribution is -2.49. The Morgan fingerprint density at radius 1 is 1.17 bits per heavy atom. The molecule has 2 fully saturated rings. The first-order chi connectivity index (χ1) is 11.7. The second kappa shape index (κ2) is 7.79. The molecule has 1 saturated carbocycles. The molecule has 24 heavy (non-hydrogen) atoms. The van der Waals surface area contributed by atoms with E-state index in [1.807, 2.05) is 6.07 Å². The van der Waals surface area contributed by atoms with Gasteiger partial charge in [-0.25, -0.2) is 0 Å². The average Bonchev–Trinajstić information content (AvgIpc) is 2.61. The van der Waals surface area contributed by atoms with E-state index >= 15 is 0 Å². The third kappa shape index (κ3) is 3.96. The number of carbonyl (C=O) groups excluding carboxylic acids is 2. The summed E-state index contributed by atoms with van der Waals surface area (Å²) in [6, 6.07) is 7.65. The molecule has 130 valence electrons. The Kier molecular flexibility index (Phi) is 5.51. The molecular weight excluding hydrogens is 302 g/mol. The van der Waals surface area contributed by atoms with Gasteiger partial charge < -0.3 is 10.6 Å².